The van der Waals surface area contributed by atoms with Crippen LogP contribution in [-0.4, -0.2) is 18.9 Å². The highest BCUT2D eigenvalue weighted by atomic mass is 16.5. The average Bonchev–Trinajstić information content (AvgIpc) is 3.12. The molecule has 226 valence electrons. The lowest BCUT2D eigenvalue weighted by Gasteiger charge is -2.47. The lowest BCUT2D eigenvalue weighted by molar-refractivity contribution is -0.165. The first-order valence-electron chi connectivity index (χ1n) is 18.7. The highest BCUT2D eigenvalue weighted by molar-refractivity contribution is 4.91. The summed E-state index contributed by atoms with van der Waals surface area (Å²) >= 11 is 0. The summed E-state index contributed by atoms with van der Waals surface area (Å²) in [4.78, 5) is 0. The second-order valence-electron chi connectivity index (χ2n) is 15.2. The van der Waals surface area contributed by atoms with E-state index in [9.17, 15) is 0 Å². The molecule has 2 nitrogen and oxygen atoms in total. The maximum absolute atomic E-state index is 6.34. The van der Waals surface area contributed by atoms with Crippen LogP contribution in [0.2, 0.25) is 0 Å². The zero-order chi connectivity index (χ0) is 26.5. The zero-order valence-corrected chi connectivity index (χ0v) is 26.0. The Balaban J connectivity index is 1.24. The smallest absolute Gasteiger partial charge is 0.113 e. The summed E-state index contributed by atoms with van der Waals surface area (Å²) in [6.07, 6.45) is 42.2. The van der Waals surface area contributed by atoms with Crippen LogP contribution in [0.25, 0.3) is 0 Å². The normalized spacial score (nSPS) is 36.8. The largest absolute Gasteiger partial charge is 0.363 e. The first kappa shape index (κ1) is 30.4. The fourth-order valence-corrected chi connectivity index (χ4v) is 9.94. The highest BCUT2D eigenvalue weighted by Gasteiger charge is 2.42. The Bertz CT molecular complexity index is 621. The van der Waals surface area contributed by atoms with Crippen molar-refractivity contribution in [2.45, 2.75) is 192 Å². The van der Waals surface area contributed by atoms with Crippen molar-refractivity contribution in [2.24, 2.45) is 35.5 Å². The predicted octanol–water partition coefficient (Wildman–Crippen LogP) is 11.0. The predicted molar refractivity (Wildman–Crippen MR) is 167 cm³/mol. The van der Waals surface area contributed by atoms with Crippen LogP contribution < -0.4 is 5.32 Å². The van der Waals surface area contributed by atoms with Crippen molar-refractivity contribution < 1.29 is 4.74 Å². The van der Waals surface area contributed by atoms with Gasteiger partial charge in [0.05, 0.1) is 6.61 Å². The Morgan fingerprint density at radius 2 is 0.769 bits per heavy atom. The minimum atomic E-state index is 0.364. The summed E-state index contributed by atoms with van der Waals surface area (Å²) in [5, 5.41) is 4.11. The third kappa shape index (κ3) is 9.73. The quantitative estimate of drug-likeness (QED) is 0.374. The molecule has 5 unspecified atom stereocenters. The molecule has 39 heavy (non-hydrogen) atoms. The molecule has 4 saturated carbocycles. The van der Waals surface area contributed by atoms with Gasteiger partial charge in [-0.05, 0) is 61.7 Å². The van der Waals surface area contributed by atoms with Gasteiger partial charge in [0, 0.05) is 12.0 Å². The van der Waals surface area contributed by atoms with Crippen LogP contribution in [0, 0.1) is 35.5 Å². The summed E-state index contributed by atoms with van der Waals surface area (Å²) in [6.45, 7) is 1.04. The number of nitrogens with one attached hydrogen (secondary N) is 1. The van der Waals surface area contributed by atoms with E-state index >= 15 is 0 Å². The van der Waals surface area contributed by atoms with Gasteiger partial charge in [-0.25, -0.2) is 0 Å². The third-order valence-electron chi connectivity index (χ3n) is 12.5. The molecular formula is C37H67NO. The fraction of sp³-hybridized carbons (Fsp3) is 1.00. The van der Waals surface area contributed by atoms with Gasteiger partial charge in [-0.2, -0.15) is 0 Å². The van der Waals surface area contributed by atoms with Gasteiger partial charge in [-0.15, -0.1) is 0 Å². The average molecular weight is 542 g/mol. The summed E-state index contributed by atoms with van der Waals surface area (Å²) in [5.41, 5.74) is 0. The summed E-state index contributed by atoms with van der Waals surface area (Å²) in [6, 6.07) is 0.707. The molecule has 1 saturated heterocycles. The van der Waals surface area contributed by atoms with Crippen LogP contribution in [0.3, 0.4) is 0 Å². The second-order valence-corrected chi connectivity index (χ2v) is 15.2. The molecule has 0 amide bonds. The molecule has 0 radical (unpaired) electrons. The van der Waals surface area contributed by atoms with E-state index in [0.29, 0.717) is 12.3 Å². The van der Waals surface area contributed by atoms with Gasteiger partial charge in [0.15, 0.2) is 0 Å². The molecule has 1 aliphatic heterocycles. The molecule has 5 aliphatic rings. The Kier molecular flexibility index (Phi) is 13.3. The number of ether oxygens (including phenoxy) is 1. The number of hydrogen-bond acceptors (Lipinski definition) is 2. The van der Waals surface area contributed by atoms with Crippen LogP contribution in [0.5, 0.6) is 0 Å². The topological polar surface area (TPSA) is 21.3 Å². The SMILES string of the molecule is C1CCCCC(NC2OCC2C2CCCC(C3CCCCCCC3)CC(C3CCCCCCCC3)C2)CCC1. The summed E-state index contributed by atoms with van der Waals surface area (Å²) in [5.74, 6) is 5.78. The van der Waals surface area contributed by atoms with Gasteiger partial charge in [-0.3, -0.25) is 5.32 Å². The molecule has 5 rings (SSSR count). The Labute approximate surface area is 244 Å². The van der Waals surface area contributed by atoms with Crippen molar-refractivity contribution in [3.05, 3.63) is 0 Å². The van der Waals surface area contributed by atoms with Crippen LogP contribution >= 0.6 is 0 Å². The van der Waals surface area contributed by atoms with Crippen molar-refractivity contribution in [2.75, 3.05) is 6.61 Å². The first-order chi connectivity index (χ1) is 19.4. The summed E-state index contributed by atoms with van der Waals surface area (Å²) in [7, 11) is 0. The van der Waals surface area contributed by atoms with Crippen LogP contribution in [0.4, 0.5) is 0 Å². The van der Waals surface area contributed by atoms with Crippen molar-refractivity contribution in [1.82, 2.24) is 5.32 Å². The molecule has 1 heterocycles. The molecule has 5 atom stereocenters. The van der Waals surface area contributed by atoms with Crippen molar-refractivity contribution in [3.63, 3.8) is 0 Å². The van der Waals surface area contributed by atoms with E-state index in [1.807, 2.05) is 0 Å². The van der Waals surface area contributed by atoms with Crippen LogP contribution in [0.15, 0.2) is 0 Å². The zero-order valence-electron chi connectivity index (χ0n) is 26.0. The van der Waals surface area contributed by atoms with E-state index < -0.39 is 0 Å². The maximum Gasteiger partial charge on any atom is 0.113 e. The molecule has 0 spiro atoms. The molecule has 4 aliphatic carbocycles. The van der Waals surface area contributed by atoms with E-state index in [1.54, 1.807) is 38.5 Å². The minimum Gasteiger partial charge on any atom is -0.363 e. The van der Waals surface area contributed by atoms with E-state index in [-0.39, 0.29) is 0 Å². The number of rotatable bonds is 5. The van der Waals surface area contributed by atoms with Gasteiger partial charge >= 0.3 is 0 Å². The fourth-order valence-electron chi connectivity index (χ4n) is 9.94. The van der Waals surface area contributed by atoms with Crippen molar-refractivity contribution in [1.29, 1.82) is 0 Å². The molecule has 0 bridgehead atoms. The van der Waals surface area contributed by atoms with Gasteiger partial charge in [0.2, 0.25) is 0 Å². The van der Waals surface area contributed by atoms with E-state index in [1.165, 1.54) is 141 Å². The van der Waals surface area contributed by atoms with Gasteiger partial charge in [-0.1, -0.05) is 148 Å². The summed E-state index contributed by atoms with van der Waals surface area (Å²) < 4.78 is 6.34. The standard InChI is InChI=1S/C37H67NO/c1-2-7-15-22-31(21-14-6-1)34-27-32(30-19-12-8-5-9-13-20-30)23-18-24-33(28-34)36-29-39-37(36)38-35-25-16-10-3-4-11-17-26-35/h30-38H,1-29H2. The monoisotopic (exact) mass is 542 g/mol. The van der Waals surface area contributed by atoms with Crippen molar-refractivity contribution in [3.8, 4) is 0 Å². The van der Waals surface area contributed by atoms with Gasteiger partial charge in [0.25, 0.3) is 0 Å². The van der Waals surface area contributed by atoms with E-state index in [2.05, 4.69) is 5.32 Å². The Hall–Kier alpha value is -0.0800. The molecule has 2 heteroatoms. The van der Waals surface area contributed by atoms with Crippen LogP contribution in [0.1, 0.15) is 180 Å². The van der Waals surface area contributed by atoms with Gasteiger partial charge in [0.1, 0.15) is 6.23 Å². The van der Waals surface area contributed by atoms with E-state index in [4.69, 9.17) is 4.74 Å². The maximum atomic E-state index is 6.34. The van der Waals surface area contributed by atoms with Crippen molar-refractivity contribution >= 4 is 0 Å². The number of hydrogen-bond donors (Lipinski definition) is 1. The molecule has 1 N–H and O–H groups in total. The third-order valence-corrected chi connectivity index (χ3v) is 12.5. The Morgan fingerprint density at radius 1 is 0.359 bits per heavy atom. The van der Waals surface area contributed by atoms with E-state index in [0.717, 1.165) is 42.1 Å². The van der Waals surface area contributed by atoms with Crippen LogP contribution in [-0.2, 0) is 4.74 Å². The second kappa shape index (κ2) is 17.1. The highest BCUT2D eigenvalue weighted by Crippen LogP contribution is 2.46. The minimum absolute atomic E-state index is 0.364. The Morgan fingerprint density at radius 3 is 1.28 bits per heavy atom. The molecule has 0 aromatic heterocycles. The molecular weight excluding hydrogens is 474 g/mol. The molecule has 0 aromatic rings. The lowest BCUT2D eigenvalue weighted by atomic mass is 9.65. The first-order valence-corrected chi connectivity index (χ1v) is 18.7. The molecule has 5 fully saturated rings. The molecule has 0 aromatic carbocycles. The lowest BCUT2D eigenvalue weighted by Crippen LogP contribution is -2.56. The van der Waals surface area contributed by atoms with Gasteiger partial charge < -0.3 is 4.74 Å².